The first-order valence-electron chi connectivity index (χ1n) is 8.08. The van der Waals surface area contributed by atoms with Gasteiger partial charge in [0, 0.05) is 6.54 Å². The molecule has 0 aromatic carbocycles. The fourth-order valence-corrected chi connectivity index (χ4v) is 2.01. The molecular formula is C14H25N7O7. The molecule has 14 nitrogen and oxygen atoms in total. The van der Waals surface area contributed by atoms with E-state index in [1.165, 1.54) is 0 Å². The van der Waals surface area contributed by atoms with Gasteiger partial charge in [0.1, 0.15) is 12.1 Å². The number of hydrogen-bond acceptors (Lipinski definition) is 7. The first-order chi connectivity index (χ1) is 12.9. The van der Waals surface area contributed by atoms with Crippen LogP contribution >= 0.6 is 0 Å². The summed E-state index contributed by atoms with van der Waals surface area (Å²) in [5, 5.41) is 22.3. The van der Waals surface area contributed by atoms with Gasteiger partial charge in [-0.05, 0) is 12.8 Å². The molecule has 14 heteroatoms. The van der Waals surface area contributed by atoms with Gasteiger partial charge in [-0.3, -0.25) is 24.2 Å². The van der Waals surface area contributed by atoms with Crippen LogP contribution in [-0.4, -0.2) is 70.5 Å². The van der Waals surface area contributed by atoms with Crippen LogP contribution in [0.15, 0.2) is 4.99 Å². The monoisotopic (exact) mass is 403 g/mol. The number of nitrogens with two attached hydrogens (primary N) is 4. The average Bonchev–Trinajstić information content (AvgIpc) is 2.55. The summed E-state index contributed by atoms with van der Waals surface area (Å²) in [7, 11) is 0. The third kappa shape index (κ3) is 10.5. The number of guanidine groups is 1. The van der Waals surface area contributed by atoms with Crippen LogP contribution in [-0.2, 0) is 24.0 Å². The van der Waals surface area contributed by atoms with Crippen molar-refractivity contribution in [3.05, 3.63) is 0 Å². The van der Waals surface area contributed by atoms with Crippen molar-refractivity contribution in [2.75, 3.05) is 6.54 Å². The second-order valence-corrected chi connectivity index (χ2v) is 5.78. The van der Waals surface area contributed by atoms with Crippen molar-refractivity contribution in [2.24, 2.45) is 27.9 Å². The summed E-state index contributed by atoms with van der Waals surface area (Å²) in [6, 6.07) is -4.37. The molecule has 3 atom stereocenters. The number of rotatable bonds is 13. The Morgan fingerprint density at radius 2 is 1.46 bits per heavy atom. The van der Waals surface area contributed by atoms with Gasteiger partial charge in [0.25, 0.3) is 0 Å². The molecule has 0 heterocycles. The number of carboxylic acid groups (broad SMARTS) is 2. The van der Waals surface area contributed by atoms with E-state index in [2.05, 4.69) is 15.6 Å². The summed E-state index contributed by atoms with van der Waals surface area (Å²) in [6.45, 7) is 0.124. The molecule has 0 saturated heterocycles. The molecule has 0 aliphatic carbocycles. The largest absolute Gasteiger partial charge is 0.481 e. The highest BCUT2D eigenvalue weighted by Gasteiger charge is 2.29. The number of carbonyl (C=O) groups excluding carboxylic acids is 3. The quantitative estimate of drug-likeness (QED) is 0.0833. The third-order valence-corrected chi connectivity index (χ3v) is 3.33. The maximum Gasteiger partial charge on any atom is 0.326 e. The minimum Gasteiger partial charge on any atom is -0.481 e. The summed E-state index contributed by atoms with van der Waals surface area (Å²) in [5.41, 5.74) is 20.6. The maximum absolute atomic E-state index is 12.3. The molecule has 0 unspecified atom stereocenters. The lowest BCUT2D eigenvalue weighted by molar-refractivity contribution is -0.143. The first kappa shape index (κ1) is 24.6. The highest BCUT2D eigenvalue weighted by molar-refractivity contribution is 5.95. The Kier molecular flexibility index (Phi) is 10.6. The molecule has 0 aliphatic heterocycles. The van der Waals surface area contributed by atoms with Gasteiger partial charge in [0.15, 0.2) is 5.96 Å². The van der Waals surface area contributed by atoms with Gasteiger partial charge in [0.05, 0.1) is 18.9 Å². The second-order valence-electron chi connectivity index (χ2n) is 5.78. The van der Waals surface area contributed by atoms with Gasteiger partial charge in [-0.1, -0.05) is 0 Å². The normalized spacial score (nSPS) is 13.5. The number of primary amides is 1. The molecule has 0 bridgehead atoms. The smallest absolute Gasteiger partial charge is 0.326 e. The lowest BCUT2D eigenvalue weighted by Gasteiger charge is -2.21. The second kappa shape index (κ2) is 12.1. The van der Waals surface area contributed by atoms with Crippen LogP contribution < -0.4 is 33.6 Å². The van der Waals surface area contributed by atoms with Crippen LogP contribution in [0.3, 0.4) is 0 Å². The zero-order valence-corrected chi connectivity index (χ0v) is 15.0. The standard InChI is InChI=1S/C14H25N7O7/c15-6(4-9(16)22)11(25)21-8(5-10(23)24)12(26)20-7(13(27)28)2-1-3-19-14(17)18/h6-8H,1-5,15H2,(H2,16,22)(H,20,26)(H,21,25)(H,23,24)(H,27,28)(H4,17,18,19)/t6-,7-,8-/m0/s1. The molecule has 12 N–H and O–H groups in total. The van der Waals surface area contributed by atoms with Crippen molar-refractivity contribution in [2.45, 2.75) is 43.8 Å². The van der Waals surface area contributed by atoms with Crippen LogP contribution in [0.5, 0.6) is 0 Å². The number of hydrogen-bond donors (Lipinski definition) is 8. The van der Waals surface area contributed by atoms with Crippen molar-refractivity contribution in [1.82, 2.24) is 10.6 Å². The van der Waals surface area contributed by atoms with Gasteiger partial charge >= 0.3 is 11.9 Å². The van der Waals surface area contributed by atoms with E-state index < -0.39 is 60.6 Å². The van der Waals surface area contributed by atoms with E-state index in [0.29, 0.717) is 0 Å². The van der Waals surface area contributed by atoms with Crippen molar-refractivity contribution >= 4 is 35.6 Å². The summed E-state index contributed by atoms with van der Waals surface area (Å²) < 4.78 is 0. The fraction of sp³-hybridized carbons (Fsp3) is 0.571. The highest BCUT2D eigenvalue weighted by atomic mass is 16.4. The number of carbonyl (C=O) groups is 5. The van der Waals surface area contributed by atoms with Crippen molar-refractivity contribution in [1.29, 1.82) is 0 Å². The minimum absolute atomic E-state index is 0.0488. The van der Waals surface area contributed by atoms with E-state index in [0.717, 1.165) is 0 Å². The van der Waals surface area contributed by atoms with E-state index in [-0.39, 0.29) is 25.3 Å². The Morgan fingerprint density at radius 1 is 0.893 bits per heavy atom. The van der Waals surface area contributed by atoms with Crippen molar-refractivity contribution in [3.63, 3.8) is 0 Å². The number of aliphatic carboxylic acids is 2. The zero-order valence-electron chi connectivity index (χ0n) is 15.0. The molecular weight excluding hydrogens is 378 g/mol. The predicted molar refractivity (Wildman–Crippen MR) is 95.4 cm³/mol. The fourth-order valence-electron chi connectivity index (χ4n) is 2.01. The Hall–Kier alpha value is -3.42. The van der Waals surface area contributed by atoms with E-state index >= 15 is 0 Å². The van der Waals surface area contributed by atoms with Crippen LogP contribution in [0, 0.1) is 0 Å². The van der Waals surface area contributed by atoms with E-state index in [1.54, 1.807) is 0 Å². The van der Waals surface area contributed by atoms with Crippen LogP contribution in [0.25, 0.3) is 0 Å². The SMILES string of the molecule is NC(=O)C[C@H](N)C(=O)N[C@@H](CC(=O)O)C(=O)N[C@@H](CCCN=C(N)N)C(=O)O. The number of nitrogens with one attached hydrogen (secondary N) is 2. The van der Waals surface area contributed by atoms with Crippen molar-refractivity contribution < 1.29 is 34.2 Å². The Bertz CT molecular complexity index is 634. The Morgan fingerprint density at radius 3 is 1.93 bits per heavy atom. The lowest BCUT2D eigenvalue weighted by atomic mass is 10.1. The third-order valence-electron chi connectivity index (χ3n) is 3.33. The van der Waals surface area contributed by atoms with Crippen LogP contribution in [0.2, 0.25) is 0 Å². The summed E-state index contributed by atoms with van der Waals surface area (Å²) in [5.74, 6) is -5.87. The maximum atomic E-state index is 12.3. The van der Waals surface area contributed by atoms with E-state index in [4.69, 9.17) is 28.0 Å². The molecule has 0 rings (SSSR count). The van der Waals surface area contributed by atoms with E-state index in [1.807, 2.05) is 0 Å². The van der Waals surface area contributed by atoms with Crippen LogP contribution in [0.4, 0.5) is 0 Å². The number of nitrogens with zero attached hydrogens (tertiary/aromatic N) is 1. The van der Waals surface area contributed by atoms with E-state index in [9.17, 15) is 29.1 Å². The molecule has 0 spiro atoms. The minimum atomic E-state index is -1.61. The number of aliphatic imine (C=N–C) groups is 1. The van der Waals surface area contributed by atoms with Gasteiger partial charge in [0.2, 0.25) is 17.7 Å². The predicted octanol–water partition coefficient (Wildman–Crippen LogP) is -4.23. The molecule has 158 valence electrons. The molecule has 0 aromatic rings. The summed E-state index contributed by atoms with van der Waals surface area (Å²) >= 11 is 0. The summed E-state index contributed by atoms with van der Waals surface area (Å²) in [6.07, 6.45) is -1.18. The Labute approximate surface area is 159 Å². The molecule has 0 saturated carbocycles. The number of amides is 3. The molecule has 0 aromatic heterocycles. The van der Waals surface area contributed by atoms with Gasteiger partial charge in [-0.15, -0.1) is 0 Å². The molecule has 0 fully saturated rings. The van der Waals surface area contributed by atoms with Gasteiger partial charge in [-0.25, -0.2) is 4.79 Å². The molecule has 3 amide bonds. The molecule has 28 heavy (non-hydrogen) atoms. The van der Waals surface area contributed by atoms with Gasteiger partial charge in [-0.2, -0.15) is 0 Å². The number of carboxylic acids is 2. The topological polar surface area (TPSA) is 266 Å². The molecule has 0 radical (unpaired) electrons. The zero-order chi connectivity index (χ0) is 21.9. The Balaban J connectivity index is 5.02. The lowest BCUT2D eigenvalue weighted by Crippen LogP contribution is -2.55. The molecule has 0 aliphatic rings. The highest BCUT2D eigenvalue weighted by Crippen LogP contribution is 2.02. The van der Waals surface area contributed by atoms with Gasteiger partial charge < -0.3 is 43.8 Å². The average molecular weight is 403 g/mol. The van der Waals surface area contributed by atoms with Crippen molar-refractivity contribution in [3.8, 4) is 0 Å². The summed E-state index contributed by atoms with van der Waals surface area (Å²) in [4.78, 5) is 60.9. The first-order valence-corrected chi connectivity index (χ1v) is 8.08. The van der Waals surface area contributed by atoms with Crippen LogP contribution in [0.1, 0.15) is 25.7 Å².